The minimum atomic E-state index is 0.840. The maximum Gasteiger partial charge on any atom is 0.179 e. The van der Waals surface area contributed by atoms with Gasteiger partial charge in [0.25, 0.3) is 0 Å². The van der Waals surface area contributed by atoms with Gasteiger partial charge in [-0.3, -0.25) is 0 Å². The Hall–Kier alpha value is -2.20. The van der Waals surface area contributed by atoms with Crippen molar-refractivity contribution in [3.63, 3.8) is 0 Å². The first-order valence-electron chi connectivity index (χ1n) is 5.54. The summed E-state index contributed by atoms with van der Waals surface area (Å²) in [5.74, 6) is 0. The zero-order valence-corrected chi connectivity index (χ0v) is 10.1. The molecule has 2 aromatic carbocycles. The van der Waals surface area contributed by atoms with Crippen LogP contribution in [0.5, 0.6) is 0 Å². The molecule has 0 amide bonds. The van der Waals surface area contributed by atoms with E-state index in [4.69, 9.17) is 4.42 Å². The first-order valence-corrected chi connectivity index (χ1v) is 6.27. The average molecular weight is 251 g/mol. The third-order valence-electron chi connectivity index (χ3n) is 2.97. The van der Waals surface area contributed by atoms with Gasteiger partial charge in [0.2, 0.25) is 0 Å². The molecule has 4 heteroatoms. The predicted octanol–water partition coefficient (Wildman–Crippen LogP) is 3.90. The Bertz CT molecular complexity index is 847. The Kier molecular flexibility index (Phi) is 1.98. The molecule has 0 bridgehead atoms. The largest absolute Gasteiger partial charge is 0.452 e. The van der Waals surface area contributed by atoms with Gasteiger partial charge >= 0.3 is 0 Å². The van der Waals surface area contributed by atoms with Crippen LogP contribution in [0, 0.1) is 6.26 Å². The van der Waals surface area contributed by atoms with Gasteiger partial charge in [0.15, 0.2) is 6.26 Å². The van der Waals surface area contributed by atoms with E-state index in [-0.39, 0.29) is 0 Å². The van der Waals surface area contributed by atoms with Gasteiger partial charge in [0.1, 0.15) is 16.6 Å². The van der Waals surface area contributed by atoms with Crippen molar-refractivity contribution >= 4 is 33.7 Å². The van der Waals surface area contributed by atoms with Crippen molar-refractivity contribution in [1.82, 2.24) is 8.75 Å². The fourth-order valence-electron chi connectivity index (χ4n) is 2.13. The van der Waals surface area contributed by atoms with Crippen LogP contribution in [0.25, 0.3) is 33.1 Å². The summed E-state index contributed by atoms with van der Waals surface area (Å²) in [7, 11) is 0. The lowest BCUT2D eigenvalue weighted by Crippen LogP contribution is -1.79. The molecule has 0 saturated heterocycles. The predicted molar refractivity (Wildman–Crippen MR) is 71.5 cm³/mol. The molecule has 0 aliphatic rings. The van der Waals surface area contributed by atoms with Gasteiger partial charge in [-0.25, -0.2) is 0 Å². The molecule has 2 heterocycles. The van der Waals surface area contributed by atoms with Crippen LogP contribution < -0.4 is 0 Å². The first-order chi connectivity index (χ1) is 8.93. The molecule has 0 saturated carbocycles. The molecule has 0 aliphatic heterocycles. The molecule has 4 aromatic rings. The first kappa shape index (κ1) is 9.79. The second-order valence-electron chi connectivity index (χ2n) is 4.01. The van der Waals surface area contributed by atoms with Crippen molar-refractivity contribution in [3.05, 3.63) is 48.7 Å². The summed E-state index contributed by atoms with van der Waals surface area (Å²) in [6.45, 7) is 0. The van der Waals surface area contributed by atoms with Crippen LogP contribution in [0.3, 0.4) is 0 Å². The van der Waals surface area contributed by atoms with Gasteiger partial charge in [-0.2, -0.15) is 8.75 Å². The molecule has 3 nitrogen and oxygen atoms in total. The SMILES string of the molecule is [c]1oc2ccccc2c1-c1cccc2nsnc12. The molecule has 18 heavy (non-hydrogen) atoms. The summed E-state index contributed by atoms with van der Waals surface area (Å²) in [6, 6.07) is 13.9. The summed E-state index contributed by atoms with van der Waals surface area (Å²) < 4.78 is 14.1. The zero-order valence-electron chi connectivity index (χ0n) is 9.25. The number of hydrogen-bond acceptors (Lipinski definition) is 4. The van der Waals surface area contributed by atoms with Crippen LogP contribution in [-0.2, 0) is 0 Å². The van der Waals surface area contributed by atoms with Crippen LogP contribution in [0.4, 0.5) is 0 Å². The normalized spacial score (nSPS) is 11.3. The lowest BCUT2D eigenvalue weighted by Gasteiger charge is -1.98. The van der Waals surface area contributed by atoms with Crippen LogP contribution in [0.1, 0.15) is 0 Å². The lowest BCUT2D eigenvalue weighted by molar-refractivity contribution is 0.607. The summed E-state index contributed by atoms with van der Waals surface area (Å²) in [5, 5.41) is 1.05. The monoisotopic (exact) mass is 251 g/mol. The fraction of sp³-hybridized carbons (Fsp3) is 0. The molecule has 0 unspecified atom stereocenters. The quantitative estimate of drug-likeness (QED) is 0.515. The number of benzene rings is 2. The Balaban J connectivity index is 2.10. The third kappa shape index (κ3) is 1.29. The molecule has 0 atom stereocenters. The van der Waals surface area contributed by atoms with Gasteiger partial charge in [-0.05, 0) is 12.1 Å². The van der Waals surface area contributed by atoms with Gasteiger partial charge in [-0.1, -0.05) is 30.3 Å². The van der Waals surface area contributed by atoms with E-state index in [0.717, 1.165) is 33.1 Å². The van der Waals surface area contributed by atoms with Crippen molar-refractivity contribution in [2.75, 3.05) is 0 Å². The van der Waals surface area contributed by atoms with Crippen LogP contribution in [-0.4, -0.2) is 8.75 Å². The molecular weight excluding hydrogens is 244 g/mol. The van der Waals surface area contributed by atoms with Gasteiger partial charge in [0, 0.05) is 16.5 Å². The van der Waals surface area contributed by atoms with Gasteiger partial charge in [-0.15, -0.1) is 0 Å². The van der Waals surface area contributed by atoms with E-state index >= 15 is 0 Å². The number of aromatic nitrogens is 2. The number of rotatable bonds is 1. The van der Waals surface area contributed by atoms with E-state index in [0.29, 0.717) is 0 Å². The maximum absolute atomic E-state index is 5.46. The summed E-state index contributed by atoms with van der Waals surface area (Å²) in [4.78, 5) is 0. The molecule has 4 rings (SSSR count). The van der Waals surface area contributed by atoms with E-state index in [1.807, 2.05) is 42.5 Å². The Morgan fingerprint density at radius 3 is 2.94 bits per heavy atom. The van der Waals surface area contributed by atoms with Gasteiger partial charge in [0.05, 0.1) is 11.7 Å². The highest BCUT2D eigenvalue weighted by molar-refractivity contribution is 7.00. The van der Waals surface area contributed by atoms with Gasteiger partial charge < -0.3 is 4.42 Å². The number of hydrogen-bond donors (Lipinski definition) is 0. The maximum atomic E-state index is 5.46. The highest BCUT2D eigenvalue weighted by atomic mass is 32.1. The van der Waals surface area contributed by atoms with E-state index in [9.17, 15) is 0 Å². The molecule has 0 N–H and O–H groups in total. The molecule has 0 fully saturated rings. The molecule has 0 aliphatic carbocycles. The second-order valence-corrected chi connectivity index (χ2v) is 4.54. The average Bonchev–Trinajstić information content (AvgIpc) is 3.05. The van der Waals surface area contributed by atoms with Crippen molar-refractivity contribution in [2.24, 2.45) is 0 Å². The van der Waals surface area contributed by atoms with E-state index in [2.05, 4.69) is 15.0 Å². The minimum Gasteiger partial charge on any atom is -0.452 e. The molecule has 85 valence electrons. The second kappa shape index (κ2) is 3.65. The lowest BCUT2D eigenvalue weighted by atomic mass is 10.0. The molecule has 0 spiro atoms. The summed E-state index contributed by atoms with van der Waals surface area (Å²) in [6.07, 6.45) is 2.97. The topological polar surface area (TPSA) is 38.9 Å². The van der Waals surface area contributed by atoms with E-state index in [1.54, 1.807) is 0 Å². The van der Waals surface area contributed by atoms with Crippen LogP contribution in [0.2, 0.25) is 0 Å². The van der Waals surface area contributed by atoms with Crippen molar-refractivity contribution in [2.45, 2.75) is 0 Å². The number of nitrogens with zero attached hydrogens (tertiary/aromatic N) is 2. The number of furan rings is 1. The highest BCUT2D eigenvalue weighted by Gasteiger charge is 2.13. The molecule has 2 aromatic heterocycles. The number of para-hydroxylation sites is 1. The van der Waals surface area contributed by atoms with Crippen LogP contribution >= 0.6 is 11.7 Å². The summed E-state index contributed by atoms with van der Waals surface area (Å²) >= 11 is 1.23. The minimum absolute atomic E-state index is 0.840. The van der Waals surface area contributed by atoms with Crippen LogP contribution in [0.15, 0.2) is 46.9 Å². The third-order valence-corrected chi connectivity index (χ3v) is 3.52. The standard InChI is InChI=1S/C14H7N2OS/c1-2-7-13-9(4-1)11(8-17-13)10-5-3-6-12-14(10)16-18-15-12/h1-7H. The smallest absolute Gasteiger partial charge is 0.179 e. The van der Waals surface area contributed by atoms with Crippen molar-refractivity contribution in [1.29, 1.82) is 0 Å². The van der Waals surface area contributed by atoms with E-state index < -0.39 is 0 Å². The Morgan fingerprint density at radius 2 is 1.94 bits per heavy atom. The van der Waals surface area contributed by atoms with Crippen molar-refractivity contribution in [3.8, 4) is 11.1 Å². The number of fused-ring (bicyclic) bond motifs is 2. The zero-order chi connectivity index (χ0) is 11.9. The van der Waals surface area contributed by atoms with Crippen molar-refractivity contribution < 1.29 is 4.42 Å². The highest BCUT2D eigenvalue weighted by Crippen LogP contribution is 2.33. The molecular formula is C14H7N2OS. The fourth-order valence-corrected chi connectivity index (χ4v) is 2.68. The molecule has 1 radical (unpaired) electrons. The Labute approximate surface area is 107 Å². The van der Waals surface area contributed by atoms with E-state index in [1.165, 1.54) is 11.7 Å². The summed E-state index contributed by atoms with van der Waals surface area (Å²) in [5.41, 5.74) is 4.63. The Morgan fingerprint density at radius 1 is 1.00 bits per heavy atom.